The van der Waals surface area contributed by atoms with Crippen molar-refractivity contribution in [3.05, 3.63) is 71.2 Å². The maximum absolute atomic E-state index is 13.5. The molecule has 4 nitrogen and oxygen atoms in total. The quantitative estimate of drug-likeness (QED) is 0.804. The fraction of sp³-hybridized carbons (Fsp3) is 0.375. The molecule has 2 fully saturated rings. The van der Waals surface area contributed by atoms with Crippen LogP contribution in [-0.4, -0.2) is 36.5 Å². The molecule has 152 valence electrons. The van der Waals surface area contributed by atoms with Crippen LogP contribution in [0.25, 0.3) is 0 Å². The summed E-state index contributed by atoms with van der Waals surface area (Å²) in [5.41, 5.74) is 5.32. The number of benzene rings is 2. The third-order valence-corrected chi connectivity index (χ3v) is 6.14. The first-order chi connectivity index (χ1) is 13.9. The predicted molar refractivity (Wildman–Crippen MR) is 116 cm³/mol. The minimum absolute atomic E-state index is 0.286. The number of carbonyl (C=O) groups is 1. The lowest BCUT2D eigenvalue weighted by Crippen LogP contribution is -2.34. The summed E-state index contributed by atoms with van der Waals surface area (Å²) in [6.07, 6.45) is 3.48. The second-order valence-corrected chi connectivity index (χ2v) is 8.16. The molecule has 0 bridgehead atoms. The lowest BCUT2D eigenvalue weighted by atomic mass is 10.1. The zero-order valence-corrected chi connectivity index (χ0v) is 17.2. The average Bonchev–Trinajstić information content (AvgIpc) is 3.34. The van der Waals surface area contributed by atoms with Crippen molar-refractivity contribution in [3.8, 4) is 0 Å². The van der Waals surface area contributed by atoms with Gasteiger partial charge in [0.15, 0.2) is 0 Å². The number of amides is 1. The fourth-order valence-electron chi connectivity index (χ4n) is 4.44. The highest BCUT2D eigenvalue weighted by molar-refractivity contribution is 6.05. The molecule has 2 aromatic rings. The highest BCUT2D eigenvalue weighted by Gasteiger charge is 2.30. The molecule has 2 heterocycles. The molecule has 0 unspecified atom stereocenters. The van der Waals surface area contributed by atoms with Gasteiger partial charge in [0, 0.05) is 48.3 Å². The van der Waals surface area contributed by atoms with E-state index < -0.39 is 5.82 Å². The number of aryl methyl sites for hydroxylation is 2. The first-order valence-electron chi connectivity index (χ1n) is 10.3. The molecule has 1 N–H and O–H groups in total. The van der Waals surface area contributed by atoms with E-state index in [0.717, 1.165) is 49.3 Å². The molecule has 2 aliphatic rings. The molecule has 4 rings (SSSR count). The van der Waals surface area contributed by atoms with Gasteiger partial charge in [-0.1, -0.05) is 12.6 Å². The van der Waals surface area contributed by atoms with Gasteiger partial charge >= 0.3 is 0 Å². The Morgan fingerprint density at radius 2 is 1.97 bits per heavy atom. The minimum atomic E-state index is -0.405. The zero-order valence-electron chi connectivity index (χ0n) is 17.2. The Morgan fingerprint density at radius 3 is 2.69 bits per heavy atom. The van der Waals surface area contributed by atoms with Crippen molar-refractivity contribution in [1.29, 1.82) is 0 Å². The summed E-state index contributed by atoms with van der Waals surface area (Å²) in [6, 6.07) is 10.9. The molecule has 0 saturated carbocycles. The van der Waals surface area contributed by atoms with Crippen molar-refractivity contribution in [2.75, 3.05) is 29.9 Å². The first kappa shape index (κ1) is 19.5. The molecule has 0 spiro atoms. The van der Waals surface area contributed by atoms with Crippen molar-refractivity contribution in [1.82, 2.24) is 4.90 Å². The zero-order chi connectivity index (χ0) is 20.5. The molecular formula is C24H28FN3O. The highest BCUT2D eigenvalue weighted by Crippen LogP contribution is 2.31. The standard InChI is InChI=1S/C24H28FN3O/c1-16-6-7-19(25)14-22(16)24(29)26-23-9-8-20(13-17(23)2)27-12-10-21(15-27)28-11-4-5-18(28)3/h6-9,13-14,21H,3-5,10-12,15H2,1-2H3,(H,26,29)/t21-/m0/s1. The lowest BCUT2D eigenvalue weighted by Gasteiger charge is -2.27. The molecular weight excluding hydrogens is 365 g/mol. The lowest BCUT2D eigenvalue weighted by molar-refractivity contribution is 0.102. The molecule has 0 radical (unpaired) electrons. The normalized spacial score (nSPS) is 19.1. The first-order valence-corrected chi connectivity index (χ1v) is 10.3. The summed E-state index contributed by atoms with van der Waals surface area (Å²) in [5.74, 6) is -0.691. The number of nitrogens with one attached hydrogen (secondary N) is 1. The number of hydrogen-bond donors (Lipinski definition) is 1. The van der Waals surface area contributed by atoms with E-state index in [1.807, 2.05) is 19.9 Å². The van der Waals surface area contributed by atoms with Crippen LogP contribution in [0.4, 0.5) is 15.8 Å². The third-order valence-electron chi connectivity index (χ3n) is 6.14. The van der Waals surface area contributed by atoms with Crippen molar-refractivity contribution < 1.29 is 9.18 Å². The summed E-state index contributed by atoms with van der Waals surface area (Å²) < 4.78 is 13.5. The predicted octanol–water partition coefficient (Wildman–Crippen LogP) is 4.88. The van der Waals surface area contributed by atoms with E-state index in [0.29, 0.717) is 11.6 Å². The van der Waals surface area contributed by atoms with Crippen molar-refractivity contribution in [2.24, 2.45) is 0 Å². The third kappa shape index (κ3) is 4.00. The van der Waals surface area contributed by atoms with E-state index in [9.17, 15) is 9.18 Å². The van der Waals surface area contributed by atoms with Crippen molar-refractivity contribution in [3.63, 3.8) is 0 Å². The summed E-state index contributed by atoms with van der Waals surface area (Å²) in [4.78, 5) is 17.5. The molecule has 2 saturated heterocycles. The van der Waals surface area contributed by atoms with Gasteiger partial charge in [-0.2, -0.15) is 0 Å². The second-order valence-electron chi connectivity index (χ2n) is 8.16. The number of rotatable bonds is 4. The fourth-order valence-corrected chi connectivity index (χ4v) is 4.44. The van der Waals surface area contributed by atoms with Gasteiger partial charge in [-0.25, -0.2) is 4.39 Å². The van der Waals surface area contributed by atoms with Gasteiger partial charge in [0.2, 0.25) is 0 Å². The molecule has 2 aliphatic heterocycles. The van der Waals surface area contributed by atoms with E-state index in [1.165, 1.54) is 29.9 Å². The molecule has 0 aromatic heterocycles. The molecule has 1 amide bonds. The Kier molecular flexibility index (Phi) is 5.31. The van der Waals surface area contributed by atoms with Crippen LogP contribution in [0.15, 0.2) is 48.7 Å². The maximum atomic E-state index is 13.5. The Bertz CT molecular complexity index is 955. The average molecular weight is 394 g/mol. The smallest absolute Gasteiger partial charge is 0.256 e. The molecule has 2 aromatic carbocycles. The summed E-state index contributed by atoms with van der Waals surface area (Å²) in [7, 11) is 0. The maximum Gasteiger partial charge on any atom is 0.256 e. The molecule has 5 heteroatoms. The van der Waals surface area contributed by atoms with Crippen LogP contribution >= 0.6 is 0 Å². The number of nitrogens with zero attached hydrogens (tertiary/aromatic N) is 2. The minimum Gasteiger partial charge on any atom is -0.370 e. The summed E-state index contributed by atoms with van der Waals surface area (Å²) >= 11 is 0. The topological polar surface area (TPSA) is 35.6 Å². The number of hydrogen-bond acceptors (Lipinski definition) is 3. The van der Waals surface area contributed by atoms with Crippen LogP contribution in [0.2, 0.25) is 0 Å². The Balaban J connectivity index is 1.45. The molecule has 0 aliphatic carbocycles. The van der Waals surface area contributed by atoms with Crippen LogP contribution in [0.5, 0.6) is 0 Å². The van der Waals surface area contributed by atoms with Gasteiger partial charge < -0.3 is 15.1 Å². The van der Waals surface area contributed by atoms with Crippen LogP contribution < -0.4 is 10.2 Å². The van der Waals surface area contributed by atoms with Crippen LogP contribution in [0, 0.1) is 19.7 Å². The largest absolute Gasteiger partial charge is 0.370 e. The van der Waals surface area contributed by atoms with Gasteiger partial charge in [-0.05, 0) is 74.6 Å². The second kappa shape index (κ2) is 7.90. The highest BCUT2D eigenvalue weighted by atomic mass is 19.1. The Labute approximate surface area is 172 Å². The van der Waals surface area contributed by atoms with Gasteiger partial charge in [-0.3, -0.25) is 4.79 Å². The van der Waals surface area contributed by atoms with Crippen molar-refractivity contribution >= 4 is 17.3 Å². The number of carbonyl (C=O) groups excluding carboxylic acids is 1. The molecule has 29 heavy (non-hydrogen) atoms. The Hall–Kier alpha value is -2.82. The van der Waals surface area contributed by atoms with Gasteiger partial charge in [-0.15, -0.1) is 0 Å². The number of allylic oxidation sites excluding steroid dienone is 1. The van der Waals surface area contributed by atoms with E-state index in [1.54, 1.807) is 6.07 Å². The van der Waals surface area contributed by atoms with Crippen LogP contribution in [0.3, 0.4) is 0 Å². The summed E-state index contributed by atoms with van der Waals surface area (Å²) in [5, 5.41) is 2.93. The van der Waals surface area contributed by atoms with E-state index in [-0.39, 0.29) is 5.91 Å². The SMILES string of the molecule is C=C1CCCN1[C@H]1CCN(c2ccc(NC(=O)c3cc(F)ccc3C)c(C)c2)C1. The Morgan fingerprint density at radius 1 is 1.14 bits per heavy atom. The van der Waals surface area contributed by atoms with Crippen LogP contribution in [0.1, 0.15) is 40.7 Å². The monoisotopic (exact) mass is 393 g/mol. The van der Waals surface area contributed by atoms with Gasteiger partial charge in [0.05, 0.1) is 0 Å². The number of likely N-dealkylation sites (tertiary alicyclic amines) is 1. The van der Waals surface area contributed by atoms with Crippen molar-refractivity contribution in [2.45, 2.75) is 39.2 Å². The number of anilines is 2. The summed E-state index contributed by atoms with van der Waals surface area (Å²) in [6.45, 7) is 11.2. The van der Waals surface area contributed by atoms with Crippen LogP contribution in [-0.2, 0) is 0 Å². The van der Waals surface area contributed by atoms with E-state index in [4.69, 9.17) is 0 Å². The van der Waals surface area contributed by atoms with E-state index >= 15 is 0 Å². The van der Waals surface area contributed by atoms with Gasteiger partial charge in [0.25, 0.3) is 5.91 Å². The number of halogens is 1. The van der Waals surface area contributed by atoms with Gasteiger partial charge in [0.1, 0.15) is 5.82 Å². The molecule has 1 atom stereocenters. The van der Waals surface area contributed by atoms with E-state index in [2.05, 4.69) is 33.8 Å².